The minimum atomic E-state index is -0.0191. The molecule has 2 fully saturated rings. The van der Waals surface area contributed by atoms with E-state index in [9.17, 15) is 4.79 Å². The van der Waals surface area contributed by atoms with E-state index in [0.29, 0.717) is 12.6 Å². The summed E-state index contributed by atoms with van der Waals surface area (Å²) in [6, 6.07) is 15.0. The molecule has 0 unspecified atom stereocenters. The number of nitrogens with one attached hydrogen (secondary N) is 1. The molecule has 2 aliphatic rings. The number of benzene rings is 1. The molecule has 0 amide bonds. The fraction of sp³-hybridized carbons (Fsp3) is 0.522. The zero-order valence-electron chi connectivity index (χ0n) is 16.8. The minimum absolute atomic E-state index is 0.0191. The summed E-state index contributed by atoms with van der Waals surface area (Å²) in [6.07, 6.45) is 6.05. The lowest BCUT2D eigenvalue weighted by atomic mass is 10.0. The van der Waals surface area contributed by atoms with Crippen molar-refractivity contribution in [3.63, 3.8) is 0 Å². The van der Waals surface area contributed by atoms with Crippen molar-refractivity contribution in [1.82, 2.24) is 4.98 Å². The fourth-order valence-corrected chi connectivity index (χ4v) is 4.50. The summed E-state index contributed by atoms with van der Waals surface area (Å²) in [4.78, 5) is 20.3. The summed E-state index contributed by atoms with van der Waals surface area (Å²) < 4.78 is 5.67. The van der Waals surface area contributed by atoms with Gasteiger partial charge in [-0.25, -0.2) is 0 Å². The largest absolute Gasteiger partial charge is 0.375 e. The number of nitrogens with zero attached hydrogens (tertiary/aromatic N) is 2. The predicted molar refractivity (Wildman–Crippen MR) is 114 cm³/mol. The second-order valence-corrected chi connectivity index (χ2v) is 8.10. The molecule has 1 aromatic carbocycles. The molecule has 2 aliphatic heterocycles. The lowest BCUT2D eigenvalue weighted by Gasteiger charge is -2.35. The number of hydrogen-bond acceptors (Lipinski definition) is 4. The fourth-order valence-electron chi connectivity index (χ4n) is 4.50. The maximum absolute atomic E-state index is 12.5. The van der Waals surface area contributed by atoms with E-state index in [4.69, 9.17) is 4.74 Å². The van der Waals surface area contributed by atoms with Gasteiger partial charge in [-0.1, -0.05) is 43.2 Å². The summed E-state index contributed by atoms with van der Waals surface area (Å²) in [5.74, 6) is 0.962. The Bertz CT molecular complexity index is 820. The van der Waals surface area contributed by atoms with Gasteiger partial charge in [0, 0.05) is 43.5 Å². The SMILES string of the molecule is C[C@@H]1CN(c2cc(N3CCCCC[C@@H]3Cc3ccccc3)[nH]c(=O)c2)CCO1. The van der Waals surface area contributed by atoms with Gasteiger partial charge in [0.25, 0.3) is 5.56 Å². The first-order chi connectivity index (χ1) is 13.7. The highest BCUT2D eigenvalue weighted by molar-refractivity contribution is 5.56. The third-order valence-electron chi connectivity index (χ3n) is 5.92. The second-order valence-electron chi connectivity index (χ2n) is 8.10. The molecule has 0 saturated carbocycles. The lowest BCUT2D eigenvalue weighted by molar-refractivity contribution is 0.0532. The van der Waals surface area contributed by atoms with Gasteiger partial charge in [0.1, 0.15) is 5.82 Å². The zero-order chi connectivity index (χ0) is 19.3. The van der Waals surface area contributed by atoms with Crippen molar-refractivity contribution in [3.05, 3.63) is 58.4 Å². The molecule has 2 aromatic rings. The molecule has 1 aromatic heterocycles. The van der Waals surface area contributed by atoms with E-state index >= 15 is 0 Å². The lowest BCUT2D eigenvalue weighted by Crippen LogP contribution is -2.42. The Hall–Kier alpha value is -2.27. The second kappa shape index (κ2) is 8.82. The Morgan fingerprint density at radius 2 is 1.96 bits per heavy atom. The number of aromatic nitrogens is 1. The van der Waals surface area contributed by atoms with Crippen LogP contribution in [0.25, 0.3) is 0 Å². The highest BCUT2D eigenvalue weighted by Crippen LogP contribution is 2.27. The van der Waals surface area contributed by atoms with Crippen LogP contribution < -0.4 is 15.4 Å². The van der Waals surface area contributed by atoms with E-state index in [2.05, 4.69) is 58.1 Å². The van der Waals surface area contributed by atoms with Crippen LogP contribution in [0, 0.1) is 0 Å². The molecule has 4 rings (SSSR count). The Kier molecular flexibility index (Phi) is 6.01. The molecule has 1 N–H and O–H groups in total. The van der Waals surface area contributed by atoms with Crippen LogP contribution in [-0.2, 0) is 11.2 Å². The van der Waals surface area contributed by atoms with Crippen LogP contribution in [0.4, 0.5) is 11.5 Å². The summed E-state index contributed by atoms with van der Waals surface area (Å²) in [5.41, 5.74) is 2.35. The molecule has 3 heterocycles. The van der Waals surface area contributed by atoms with Gasteiger partial charge in [0.15, 0.2) is 0 Å². The Morgan fingerprint density at radius 1 is 1.11 bits per heavy atom. The number of aromatic amines is 1. The summed E-state index contributed by atoms with van der Waals surface area (Å²) in [7, 11) is 0. The minimum Gasteiger partial charge on any atom is -0.375 e. The van der Waals surface area contributed by atoms with Gasteiger partial charge >= 0.3 is 0 Å². The Labute approximate surface area is 167 Å². The van der Waals surface area contributed by atoms with E-state index in [1.807, 2.05) is 0 Å². The molecular formula is C23H31N3O2. The van der Waals surface area contributed by atoms with Crippen LogP contribution >= 0.6 is 0 Å². The highest BCUT2D eigenvalue weighted by atomic mass is 16.5. The molecule has 0 radical (unpaired) electrons. The van der Waals surface area contributed by atoms with Crippen LogP contribution in [0.1, 0.15) is 38.2 Å². The number of hydrogen-bond donors (Lipinski definition) is 1. The molecular weight excluding hydrogens is 350 g/mol. The molecule has 2 atom stereocenters. The monoisotopic (exact) mass is 381 g/mol. The molecule has 2 saturated heterocycles. The maximum Gasteiger partial charge on any atom is 0.251 e. The van der Waals surface area contributed by atoms with Crippen molar-refractivity contribution in [1.29, 1.82) is 0 Å². The van der Waals surface area contributed by atoms with Gasteiger partial charge in [-0.2, -0.15) is 0 Å². The van der Waals surface area contributed by atoms with E-state index in [-0.39, 0.29) is 11.7 Å². The molecule has 0 spiro atoms. The maximum atomic E-state index is 12.5. The number of H-pyrrole nitrogens is 1. The van der Waals surface area contributed by atoms with Crippen molar-refractivity contribution >= 4 is 11.5 Å². The van der Waals surface area contributed by atoms with Gasteiger partial charge < -0.3 is 19.5 Å². The molecule has 5 nitrogen and oxygen atoms in total. The number of pyridine rings is 1. The van der Waals surface area contributed by atoms with Crippen LogP contribution in [0.2, 0.25) is 0 Å². The van der Waals surface area contributed by atoms with Crippen LogP contribution in [0.5, 0.6) is 0 Å². The van der Waals surface area contributed by atoms with Crippen LogP contribution in [0.15, 0.2) is 47.3 Å². The number of rotatable bonds is 4. The molecule has 0 bridgehead atoms. The molecule has 150 valence electrons. The molecule has 5 heteroatoms. The smallest absolute Gasteiger partial charge is 0.251 e. The van der Waals surface area contributed by atoms with E-state index < -0.39 is 0 Å². The van der Waals surface area contributed by atoms with Crippen molar-refractivity contribution < 1.29 is 4.74 Å². The predicted octanol–water partition coefficient (Wildman–Crippen LogP) is 3.59. The standard InChI is InChI=1S/C23H31N3O2/c1-18-17-25(12-13-28-18)21-15-22(24-23(27)16-21)26-11-7-3-6-10-20(26)14-19-8-4-2-5-9-19/h2,4-5,8-9,15-16,18,20H,3,6-7,10-14,17H2,1H3,(H,24,27)/t18-,20-/m1/s1. The topological polar surface area (TPSA) is 48.6 Å². The molecule has 28 heavy (non-hydrogen) atoms. The van der Waals surface area contributed by atoms with Gasteiger partial charge in [-0.15, -0.1) is 0 Å². The third-order valence-corrected chi connectivity index (χ3v) is 5.92. The normalized spacial score (nSPS) is 23.5. The average Bonchev–Trinajstić information content (AvgIpc) is 2.94. The van der Waals surface area contributed by atoms with Gasteiger partial charge in [0.05, 0.1) is 12.7 Å². The number of morpholine rings is 1. The Balaban J connectivity index is 1.61. The average molecular weight is 382 g/mol. The van der Waals surface area contributed by atoms with Crippen molar-refractivity contribution in [2.45, 2.75) is 51.2 Å². The van der Waals surface area contributed by atoms with E-state index in [1.165, 1.54) is 24.8 Å². The first-order valence-corrected chi connectivity index (χ1v) is 10.6. The first-order valence-electron chi connectivity index (χ1n) is 10.6. The first kappa shape index (κ1) is 19.1. The third kappa shape index (κ3) is 4.58. The van der Waals surface area contributed by atoms with Crippen LogP contribution in [-0.4, -0.2) is 43.4 Å². The van der Waals surface area contributed by atoms with Crippen molar-refractivity contribution in [2.24, 2.45) is 0 Å². The molecule has 0 aliphatic carbocycles. The Morgan fingerprint density at radius 3 is 2.79 bits per heavy atom. The van der Waals surface area contributed by atoms with Gasteiger partial charge in [0.2, 0.25) is 0 Å². The van der Waals surface area contributed by atoms with Gasteiger partial charge in [-0.3, -0.25) is 4.79 Å². The zero-order valence-corrected chi connectivity index (χ0v) is 16.8. The summed E-state index contributed by atoms with van der Waals surface area (Å²) in [6.45, 7) is 5.46. The number of ether oxygens (including phenoxy) is 1. The van der Waals surface area contributed by atoms with Crippen molar-refractivity contribution in [2.75, 3.05) is 36.0 Å². The summed E-state index contributed by atoms with van der Waals surface area (Å²) in [5, 5.41) is 0. The van der Waals surface area contributed by atoms with E-state index in [1.54, 1.807) is 6.07 Å². The van der Waals surface area contributed by atoms with E-state index in [0.717, 1.165) is 44.0 Å². The van der Waals surface area contributed by atoms with Crippen molar-refractivity contribution in [3.8, 4) is 0 Å². The summed E-state index contributed by atoms with van der Waals surface area (Å²) >= 11 is 0. The van der Waals surface area contributed by atoms with Gasteiger partial charge in [-0.05, 0) is 31.7 Å². The highest BCUT2D eigenvalue weighted by Gasteiger charge is 2.24. The number of anilines is 2. The van der Waals surface area contributed by atoms with Crippen LogP contribution in [0.3, 0.4) is 0 Å². The quantitative estimate of drug-likeness (QED) is 0.879.